The van der Waals surface area contributed by atoms with Crippen molar-refractivity contribution in [2.45, 2.75) is 6.92 Å². The summed E-state index contributed by atoms with van der Waals surface area (Å²) in [5, 5.41) is 1.10. The van der Waals surface area contributed by atoms with Gasteiger partial charge in [0.05, 0.1) is 5.69 Å². The first-order valence-electron chi connectivity index (χ1n) is 3.94. The van der Waals surface area contributed by atoms with Crippen molar-refractivity contribution in [2.75, 3.05) is 5.06 Å². The van der Waals surface area contributed by atoms with Gasteiger partial charge in [0, 0.05) is 6.92 Å². The van der Waals surface area contributed by atoms with Crippen LogP contribution >= 0.6 is 12.2 Å². The van der Waals surface area contributed by atoms with E-state index >= 15 is 0 Å². The van der Waals surface area contributed by atoms with Crippen molar-refractivity contribution in [3.8, 4) is 0 Å². The molecule has 1 aromatic rings. The maximum absolute atomic E-state index is 10.8. The fourth-order valence-electron chi connectivity index (χ4n) is 0.917. The molecule has 0 aliphatic heterocycles. The summed E-state index contributed by atoms with van der Waals surface area (Å²) in [7, 11) is 0. The van der Waals surface area contributed by atoms with Gasteiger partial charge in [0.1, 0.15) is 0 Å². The summed E-state index contributed by atoms with van der Waals surface area (Å²) < 4.78 is 0. The van der Waals surface area contributed by atoms with Crippen molar-refractivity contribution in [3.05, 3.63) is 30.3 Å². The summed E-state index contributed by atoms with van der Waals surface area (Å²) in [6.45, 7) is 1.29. The lowest BCUT2D eigenvalue weighted by Gasteiger charge is -2.19. The van der Waals surface area contributed by atoms with Crippen molar-refractivity contribution in [1.82, 2.24) is 0 Å². The van der Waals surface area contributed by atoms with Crippen LogP contribution in [0.1, 0.15) is 6.92 Å². The average molecular weight is 210 g/mol. The molecule has 0 radical (unpaired) electrons. The Hall–Kier alpha value is -1.62. The van der Waals surface area contributed by atoms with Crippen LogP contribution in [0.5, 0.6) is 0 Å². The molecular formula is C9H10N2O2S. The first-order chi connectivity index (χ1) is 6.61. The number of hydrogen-bond acceptors (Lipinski definition) is 3. The highest BCUT2D eigenvalue weighted by Gasteiger charge is 2.11. The molecule has 0 unspecified atom stereocenters. The number of carbonyl (C=O) groups is 1. The predicted octanol–water partition coefficient (Wildman–Crippen LogP) is 1.21. The highest BCUT2D eigenvalue weighted by atomic mass is 32.1. The largest absolute Gasteiger partial charge is 0.373 e. The molecule has 0 saturated heterocycles. The molecule has 5 heteroatoms. The Labute approximate surface area is 87.2 Å². The van der Waals surface area contributed by atoms with Crippen LogP contribution in [-0.2, 0) is 9.63 Å². The molecule has 2 N–H and O–H groups in total. The summed E-state index contributed by atoms with van der Waals surface area (Å²) in [6, 6.07) is 8.91. The quantitative estimate of drug-likeness (QED) is 0.558. The molecule has 0 heterocycles. The number of para-hydroxylation sites is 1. The molecule has 0 bridgehead atoms. The number of rotatable bonds is 1. The Morgan fingerprint density at radius 1 is 1.43 bits per heavy atom. The first-order valence-corrected chi connectivity index (χ1v) is 4.35. The summed E-state index contributed by atoms with van der Waals surface area (Å²) in [4.78, 5) is 15.6. The second kappa shape index (κ2) is 4.57. The van der Waals surface area contributed by atoms with Gasteiger partial charge in [0.2, 0.25) is 5.11 Å². The Bertz CT molecular complexity index is 340. The van der Waals surface area contributed by atoms with E-state index in [4.69, 9.17) is 22.8 Å². The topological polar surface area (TPSA) is 55.6 Å². The van der Waals surface area contributed by atoms with E-state index in [0.717, 1.165) is 5.06 Å². The van der Waals surface area contributed by atoms with Crippen LogP contribution in [0.15, 0.2) is 30.3 Å². The zero-order valence-corrected chi connectivity index (χ0v) is 8.45. The number of carbonyl (C=O) groups excluding carboxylic acids is 1. The maximum Gasteiger partial charge on any atom is 0.329 e. The van der Waals surface area contributed by atoms with Gasteiger partial charge in [-0.15, -0.1) is 5.06 Å². The highest BCUT2D eigenvalue weighted by Crippen LogP contribution is 2.13. The standard InChI is InChI=1S/C9H10N2O2S/c1-7(12)13-11(9(10)14)8-5-3-2-4-6-8/h2-6H,1H3,(H2,10,14). The third-order valence-electron chi connectivity index (χ3n) is 1.41. The number of thiocarbonyl (C=S) groups is 1. The van der Waals surface area contributed by atoms with Gasteiger partial charge in [-0.3, -0.25) is 0 Å². The number of hydroxylamine groups is 1. The van der Waals surface area contributed by atoms with Gasteiger partial charge in [0.15, 0.2) is 0 Å². The SMILES string of the molecule is CC(=O)ON(C(N)=S)c1ccccc1. The molecule has 1 rings (SSSR count). The van der Waals surface area contributed by atoms with E-state index in [-0.39, 0.29) is 5.11 Å². The molecule has 0 amide bonds. The molecule has 0 aliphatic carbocycles. The van der Waals surface area contributed by atoms with E-state index in [1.807, 2.05) is 6.07 Å². The van der Waals surface area contributed by atoms with E-state index in [2.05, 4.69) is 0 Å². The van der Waals surface area contributed by atoms with E-state index in [9.17, 15) is 4.79 Å². The smallest absolute Gasteiger partial charge is 0.329 e. The lowest BCUT2D eigenvalue weighted by Crippen LogP contribution is -2.36. The van der Waals surface area contributed by atoms with Gasteiger partial charge in [0.25, 0.3) is 0 Å². The van der Waals surface area contributed by atoms with Gasteiger partial charge in [-0.05, 0) is 24.4 Å². The molecular weight excluding hydrogens is 200 g/mol. The number of nitrogens with two attached hydrogens (primary N) is 1. The molecule has 74 valence electrons. The van der Waals surface area contributed by atoms with Gasteiger partial charge in [-0.1, -0.05) is 18.2 Å². The minimum absolute atomic E-state index is 0.00796. The monoisotopic (exact) mass is 210 g/mol. The second-order valence-electron chi connectivity index (χ2n) is 2.55. The van der Waals surface area contributed by atoms with Crippen LogP contribution in [0.2, 0.25) is 0 Å². The Balaban J connectivity index is 2.89. The molecule has 0 aromatic heterocycles. The Morgan fingerprint density at radius 3 is 2.43 bits per heavy atom. The molecule has 0 atom stereocenters. The molecule has 1 aromatic carbocycles. The number of hydrogen-bond donors (Lipinski definition) is 1. The van der Waals surface area contributed by atoms with Crippen molar-refractivity contribution >= 4 is 29.0 Å². The molecule has 14 heavy (non-hydrogen) atoms. The van der Waals surface area contributed by atoms with Crippen LogP contribution < -0.4 is 10.8 Å². The van der Waals surface area contributed by atoms with Crippen LogP contribution in [0.3, 0.4) is 0 Å². The van der Waals surface area contributed by atoms with Crippen LogP contribution in [0.4, 0.5) is 5.69 Å². The summed E-state index contributed by atoms with van der Waals surface area (Å²) in [5.74, 6) is -0.471. The number of anilines is 1. The molecule has 0 fully saturated rings. The van der Waals surface area contributed by atoms with E-state index in [0.29, 0.717) is 5.69 Å². The first kappa shape index (κ1) is 10.5. The summed E-state index contributed by atoms with van der Waals surface area (Å²) >= 11 is 4.74. The molecule has 0 saturated carbocycles. The van der Waals surface area contributed by atoms with E-state index in [1.54, 1.807) is 24.3 Å². The zero-order valence-electron chi connectivity index (χ0n) is 7.64. The Kier molecular flexibility index (Phi) is 3.41. The summed E-state index contributed by atoms with van der Waals surface area (Å²) in [5.41, 5.74) is 6.02. The number of benzene rings is 1. The van der Waals surface area contributed by atoms with Gasteiger partial charge in [-0.25, -0.2) is 4.79 Å². The zero-order chi connectivity index (χ0) is 10.6. The second-order valence-corrected chi connectivity index (χ2v) is 2.97. The van der Waals surface area contributed by atoms with Gasteiger partial charge in [-0.2, -0.15) is 0 Å². The van der Waals surface area contributed by atoms with Crippen LogP contribution in [0.25, 0.3) is 0 Å². The van der Waals surface area contributed by atoms with Crippen molar-refractivity contribution in [3.63, 3.8) is 0 Å². The number of nitrogens with zero attached hydrogens (tertiary/aromatic N) is 1. The van der Waals surface area contributed by atoms with Crippen molar-refractivity contribution < 1.29 is 9.63 Å². The predicted molar refractivity (Wildman–Crippen MR) is 57.5 cm³/mol. The fourth-order valence-corrected chi connectivity index (χ4v) is 1.06. The van der Waals surface area contributed by atoms with Crippen LogP contribution in [0, 0.1) is 0 Å². The van der Waals surface area contributed by atoms with Crippen molar-refractivity contribution in [1.29, 1.82) is 0 Å². The molecule has 4 nitrogen and oxygen atoms in total. The Morgan fingerprint density at radius 2 is 2.00 bits per heavy atom. The lowest BCUT2D eigenvalue weighted by atomic mass is 10.3. The third-order valence-corrected chi connectivity index (χ3v) is 1.58. The summed E-state index contributed by atoms with van der Waals surface area (Å²) in [6.07, 6.45) is 0. The third kappa shape index (κ3) is 2.70. The highest BCUT2D eigenvalue weighted by molar-refractivity contribution is 7.80. The maximum atomic E-state index is 10.8. The van der Waals surface area contributed by atoms with E-state index in [1.165, 1.54) is 6.92 Å². The molecule has 0 spiro atoms. The van der Waals surface area contributed by atoms with E-state index < -0.39 is 5.97 Å². The normalized spacial score (nSPS) is 9.21. The van der Waals surface area contributed by atoms with Crippen molar-refractivity contribution in [2.24, 2.45) is 5.73 Å². The van der Waals surface area contributed by atoms with Crippen LogP contribution in [-0.4, -0.2) is 11.1 Å². The molecule has 0 aliphatic rings. The fraction of sp³-hybridized carbons (Fsp3) is 0.111. The minimum Gasteiger partial charge on any atom is -0.373 e. The minimum atomic E-state index is -0.471. The van der Waals surface area contributed by atoms with Gasteiger partial charge >= 0.3 is 5.97 Å². The average Bonchev–Trinajstić information content (AvgIpc) is 2.15. The lowest BCUT2D eigenvalue weighted by molar-refractivity contribution is -0.140. The van der Waals surface area contributed by atoms with Gasteiger partial charge < -0.3 is 10.6 Å².